The molecule has 1 aromatic rings. The fourth-order valence-electron chi connectivity index (χ4n) is 0.599. The molecule has 1 aromatic heterocycles. The van der Waals surface area contributed by atoms with Gasteiger partial charge in [-0.1, -0.05) is 12.2 Å². The van der Waals surface area contributed by atoms with E-state index in [1.165, 1.54) is 22.7 Å². The number of esters is 1. The van der Waals surface area contributed by atoms with Crippen LogP contribution in [-0.2, 0) is 4.74 Å². The minimum Gasteiger partial charge on any atom is -0.462 e. The monoisotopic (exact) mass is 238 g/mol. The van der Waals surface area contributed by atoms with Gasteiger partial charge in [-0.05, 0) is 6.92 Å². The van der Waals surface area contributed by atoms with Crippen molar-refractivity contribution in [3.63, 3.8) is 0 Å². The van der Waals surface area contributed by atoms with Crippen molar-refractivity contribution in [1.82, 2.24) is 0 Å². The van der Waals surface area contributed by atoms with Crippen LogP contribution in [0.4, 0.5) is 0 Å². The molecule has 0 saturated heterocycles. The Kier molecular flexibility index (Phi) is 3.70. The van der Waals surface area contributed by atoms with Crippen LogP contribution >= 0.6 is 47.5 Å². The molecule has 0 atom stereocenters. The quantitative estimate of drug-likeness (QED) is 0.487. The van der Waals surface area contributed by atoms with Crippen molar-refractivity contribution < 1.29 is 9.53 Å². The highest BCUT2D eigenvalue weighted by molar-refractivity contribution is 7.84. The number of carbonyl (C=O) groups is 1. The van der Waals surface area contributed by atoms with Crippen LogP contribution in [0.5, 0.6) is 0 Å². The van der Waals surface area contributed by atoms with Crippen LogP contribution in [-0.4, -0.2) is 12.6 Å². The summed E-state index contributed by atoms with van der Waals surface area (Å²) in [6, 6.07) is 0. The van der Waals surface area contributed by atoms with Crippen LogP contribution in [0.2, 0.25) is 0 Å². The molecule has 0 N–H and O–H groups in total. The Balaban J connectivity index is 2.94. The van der Waals surface area contributed by atoms with Gasteiger partial charge in [-0.3, -0.25) is 0 Å². The molecule has 0 radical (unpaired) electrons. The molecule has 0 aliphatic rings. The first-order valence-corrected chi connectivity index (χ1v) is 5.64. The summed E-state index contributed by atoms with van der Waals surface area (Å²) >= 11 is 11.6. The van der Waals surface area contributed by atoms with Gasteiger partial charge in [0.15, 0.2) is 0 Å². The third-order valence-corrected chi connectivity index (χ3v) is 4.10. The van der Waals surface area contributed by atoms with Crippen molar-refractivity contribution in [2.45, 2.75) is 11.1 Å². The standard InChI is InChI=1S/C6H6O2S4/c1-2-8-4(7)3-5(9)12-6(10)11-3/h9H,2H2,1H3. The van der Waals surface area contributed by atoms with E-state index in [-0.39, 0.29) is 5.97 Å². The van der Waals surface area contributed by atoms with Crippen molar-refractivity contribution >= 4 is 53.5 Å². The smallest absolute Gasteiger partial charge is 0.350 e. The summed E-state index contributed by atoms with van der Waals surface area (Å²) in [6.45, 7) is 2.14. The van der Waals surface area contributed by atoms with E-state index in [1.807, 2.05) is 0 Å². The second-order valence-electron chi connectivity index (χ2n) is 1.81. The van der Waals surface area contributed by atoms with Crippen molar-refractivity contribution in [1.29, 1.82) is 0 Å². The van der Waals surface area contributed by atoms with Gasteiger partial charge in [0.05, 0.1) is 10.8 Å². The Bertz CT molecular complexity index is 338. The Labute approximate surface area is 88.6 Å². The summed E-state index contributed by atoms with van der Waals surface area (Å²) in [7, 11) is 0. The van der Waals surface area contributed by atoms with Crippen LogP contribution in [0.15, 0.2) is 4.21 Å². The number of rotatable bonds is 2. The largest absolute Gasteiger partial charge is 0.462 e. The zero-order valence-electron chi connectivity index (χ0n) is 6.20. The van der Waals surface area contributed by atoms with Crippen LogP contribution in [0, 0.1) is 3.14 Å². The van der Waals surface area contributed by atoms with Crippen molar-refractivity contribution in [2.75, 3.05) is 6.61 Å². The highest BCUT2D eigenvalue weighted by Crippen LogP contribution is 2.28. The molecule has 12 heavy (non-hydrogen) atoms. The van der Waals surface area contributed by atoms with E-state index in [0.717, 1.165) is 0 Å². The van der Waals surface area contributed by atoms with E-state index >= 15 is 0 Å². The average Bonchev–Trinajstić information content (AvgIpc) is 2.30. The molecular formula is C6H6O2S4. The summed E-state index contributed by atoms with van der Waals surface area (Å²) in [5.74, 6) is -0.333. The number of ether oxygens (including phenoxy) is 1. The lowest BCUT2D eigenvalue weighted by molar-refractivity contribution is 0.0529. The van der Waals surface area contributed by atoms with E-state index in [0.29, 0.717) is 18.8 Å². The molecule has 0 fully saturated rings. The maximum atomic E-state index is 11.2. The van der Waals surface area contributed by atoms with Crippen molar-refractivity contribution in [3.05, 3.63) is 8.01 Å². The summed E-state index contributed by atoms with van der Waals surface area (Å²) in [6.07, 6.45) is 0. The lowest BCUT2D eigenvalue weighted by atomic mass is 10.6. The molecule has 6 heteroatoms. The van der Waals surface area contributed by atoms with E-state index in [2.05, 4.69) is 12.6 Å². The number of carbonyl (C=O) groups excluding carboxylic acids is 1. The van der Waals surface area contributed by atoms with Gasteiger partial charge in [-0.2, -0.15) is 0 Å². The van der Waals surface area contributed by atoms with Gasteiger partial charge in [0, 0.05) is 0 Å². The third kappa shape index (κ3) is 2.29. The van der Waals surface area contributed by atoms with Gasteiger partial charge in [0.1, 0.15) is 8.01 Å². The molecule has 0 aliphatic heterocycles. The van der Waals surface area contributed by atoms with Crippen LogP contribution in [0.3, 0.4) is 0 Å². The molecule has 1 rings (SSSR count). The SMILES string of the molecule is CCOC(=O)c1sc(=S)sc1S. The molecule has 1 heterocycles. The van der Waals surface area contributed by atoms with Crippen LogP contribution in [0.25, 0.3) is 0 Å². The minimum absolute atomic E-state index is 0.333. The van der Waals surface area contributed by atoms with Crippen LogP contribution in [0.1, 0.15) is 16.6 Å². The normalized spacial score (nSPS) is 9.83. The highest BCUT2D eigenvalue weighted by atomic mass is 32.2. The predicted octanol–water partition coefficient (Wildman–Crippen LogP) is 3.00. The summed E-state index contributed by atoms with van der Waals surface area (Å²) in [5, 5.41) is 0. The van der Waals surface area contributed by atoms with Crippen LogP contribution < -0.4 is 0 Å². The van der Waals surface area contributed by atoms with Gasteiger partial charge in [-0.25, -0.2) is 4.79 Å². The molecular weight excluding hydrogens is 232 g/mol. The first kappa shape index (κ1) is 10.2. The molecule has 0 aliphatic carbocycles. The van der Waals surface area contributed by atoms with E-state index < -0.39 is 0 Å². The zero-order valence-corrected chi connectivity index (χ0v) is 9.54. The maximum Gasteiger partial charge on any atom is 0.350 e. The minimum atomic E-state index is -0.333. The fourth-order valence-corrected chi connectivity index (χ4v) is 3.62. The number of thiol groups is 1. The lowest BCUT2D eigenvalue weighted by Crippen LogP contribution is -2.02. The average molecular weight is 238 g/mol. The van der Waals surface area contributed by atoms with Crippen molar-refractivity contribution in [2.24, 2.45) is 0 Å². The molecule has 0 aromatic carbocycles. The summed E-state index contributed by atoms with van der Waals surface area (Å²) in [4.78, 5) is 11.7. The third-order valence-electron chi connectivity index (χ3n) is 1.02. The molecule has 0 bridgehead atoms. The molecule has 2 nitrogen and oxygen atoms in total. The Morgan fingerprint density at radius 1 is 1.67 bits per heavy atom. The first-order chi connectivity index (χ1) is 5.65. The van der Waals surface area contributed by atoms with Gasteiger partial charge in [0.25, 0.3) is 0 Å². The zero-order chi connectivity index (χ0) is 9.14. The summed E-state index contributed by atoms with van der Waals surface area (Å²) in [5.41, 5.74) is 0. The number of hydrogen-bond donors (Lipinski definition) is 1. The predicted molar refractivity (Wildman–Crippen MR) is 56.2 cm³/mol. The van der Waals surface area contributed by atoms with Gasteiger partial charge in [-0.15, -0.1) is 35.3 Å². The molecule has 66 valence electrons. The Morgan fingerprint density at radius 3 is 2.75 bits per heavy atom. The Hall–Kier alpha value is 0.0900. The van der Waals surface area contributed by atoms with E-state index in [4.69, 9.17) is 17.0 Å². The van der Waals surface area contributed by atoms with Gasteiger partial charge in [0.2, 0.25) is 0 Å². The topological polar surface area (TPSA) is 26.3 Å². The van der Waals surface area contributed by atoms with Gasteiger partial charge >= 0.3 is 5.97 Å². The molecule has 0 saturated carbocycles. The number of hydrogen-bond acceptors (Lipinski definition) is 6. The van der Waals surface area contributed by atoms with Crippen molar-refractivity contribution in [3.8, 4) is 0 Å². The maximum absolute atomic E-state index is 11.2. The second-order valence-corrected chi connectivity index (χ2v) is 5.78. The summed E-state index contributed by atoms with van der Waals surface area (Å²) < 4.78 is 6.14. The molecule has 0 amide bonds. The van der Waals surface area contributed by atoms with E-state index in [9.17, 15) is 4.79 Å². The van der Waals surface area contributed by atoms with Gasteiger partial charge < -0.3 is 4.74 Å². The first-order valence-electron chi connectivity index (χ1n) is 3.15. The van der Waals surface area contributed by atoms with E-state index in [1.54, 1.807) is 6.92 Å². The second kappa shape index (κ2) is 4.36. The Morgan fingerprint density at radius 2 is 2.33 bits per heavy atom. The molecule has 0 spiro atoms. The highest BCUT2D eigenvalue weighted by Gasteiger charge is 2.13. The lowest BCUT2D eigenvalue weighted by Gasteiger charge is -1.97. The molecule has 0 unspecified atom stereocenters. The fraction of sp³-hybridized carbons (Fsp3) is 0.333.